The zero-order valence-corrected chi connectivity index (χ0v) is 9.87. The molecule has 13 heavy (non-hydrogen) atoms. The molecule has 0 amide bonds. The monoisotopic (exact) mass is 303 g/mol. The summed E-state index contributed by atoms with van der Waals surface area (Å²) < 4.78 is 0.702. The third-order valence-electron chi connectivity index (χ3n) is 1.70. The predicted molar refractivity (Wildman–Crippen MR) is 61.4 cm³/mol. The van der Waals surface area contributed by atoms with E-state index in [-0.39, 0.29) is 22.7 Å². The molecule has 2 rings (SSSR count). The molecule has 0 aliphatic carbocycles. The molecule has 0 radical (unpaired) electrons. The summed E-state index contributed by atoms with van der Waals surface area (Å²) in [6, 6.07) is 7.16. The number of phenols is 1. The lowest BCUT2D eigenvalue weighted by Gasteiger charge is -2.00. The highest BCUT2D eigenvalue weighted by molar-refractivity contribution is 9.10. The van der Waals surface area contributed by atoms with E-state index in [4.69, 9.17) is 0 Å². The van der Waals surface area contributed by atoms with Crippen molar-refractivity contribution in [2.24, 2.45) is 0 Å². The van der Waals surface area contributed by atoms with Crippen molar-refractivity contribution >= 4 is 43.8 Å². The van der Waals surface area contributed by atoms with Gasteiger partial charge in [0, 0.05) is 11.6 Å². The topological polar surface area (TPSA) is 33.1 Å². The molecule has 0 aliphatic heterocycles. The number of hydrogen-bond acceptors (Lipinski definition) is 2. The molecule has 0 unspecified atom stereocenters. The molecule has 68 valence electrons. The van der Waals surface area contributed by atoms with Gasteiger partial charge in [-0.1, -0.05) is 6.07 Å². The second-order valence-corrected chi connectivity index (χ2v) is 3.26. The fourth-order valence-electron chi connectivity index (χ4n) is 1.10. The third kappa shape index (κ3) is 1.84. The molecular weight excluding hydrogens is 298 g/mol. The van der Waals surface area contributed by atoms with Crippen molar-refractivity contribution in [2.45, 2.75) is 0 Å². The van der Waals surface area contributed by atoms with Crippen LogP contribution >= 0.6 is 32.9 Å². The number of nitrogens with zero attached hydrogens (tertiary/aromatic N) is 1. The van der Waals surface area contributed by atoms with E-state index >= 15 is 0 Å². The lowest BCUT2D eigenvalue weighted by molar-refractivity contribution is 0.473. The summed E-state index contributed by atoms with van der Waals surface area (Å²) in [5, 5.41) is 10.3. The van der Waals surface area contributed by atoms with E-state index < -0.39 is 0 Å². The Morgan fingerprint density at radius 1 is 1.23 bits per heavy atom. The van der Waals surface area contributed by atoms with Crippen LogP contribution in [0.2, 0.25) is 0 Å². The summed E-state index contributed by atoms with van der Waals surface area (Å²) in [4.78, 5) is 4.14. The summed E-state index contributed by atoms with van der Waals surface area (Å²) in [6.45, 7) is 0. The van der Waals surface area contributed by atoms with Crippen LogP contribution in [0.5, 0.6) is 5.75 Å². The highest BCUT2D eigenvalue weighted by atomic mass is 79.9. The van der Waals surface area contributed by atoms with Crippen molar-refractivity contribution in [1.29, 1.82) is 0 Å². The van der Waals surface area contributed by atoms with Crippen LogP contribution in [0.25, 0.3) is 10.9 Å². The van der Waals surface area contributed by atoms with Crippen molar-refractivity contribution in [2.75, 3.05) is 0 Å². The number of rotatable bonds is 0. The van der Waals surface area contributed by atoms with Gasteiger partial charge in [0.05, 0.1) is 9.99 Å². The zero-order valence-electron chi connectivity index (χ0n) is 6.57. The number of benzene rings is 1. The fourth-order valence-corrected chi connectivity index (χ4v) is 1.57. The van der Waals surface area contributed by atoms with Crippen LogP contribution < -0.4 is 0 Å². The lowest BCUT2D eigenvalue weighted by Crippen LogP contribution is -1.78. The summed E-state index contributed by atoms with van der Waals surface area (Å²) in [6.07, 6.45) is 1.73. The van der Waals surface area contributed by atoms with Gasteiger partial charge in [-0.2, -0.15) is 0 Å². The van der Waals surface area contributed by atoms with E-state index in [1.54, 1.807) is 18.3 Å². The number of halogens is 2. The van der Waals surface area contributed by atoms with Crippen molar-refractivity contribution in [3.8, 4) is 5.75 Å². The molecule has 2 nitrogen and oxygen atoms in total. The van der Waals surface area contributed by atoms with E-state index in [0.29, 0.717) is 4.47 Å². The fraction of sp³-hybridized carbons (Fsp3) is 0. The van der Waals surface area contributed by atoms with Crippen LogP contribution in [0.3, 0.4) is 0 Å². The average Bonchev–Trinajstić information content (AvgIpc) is 2.12. The minimum atomic E-state index is 0. The molecule has 0 saturated heterocycles. The van der Waals surface area contributed by atoms with Gasteiger partial charge in [0.25, 0.3) is 0 Å². The zero-order chi connectivity index (χ0) is 8.55. The maximum atomic E-state index is 9.34. The van der Waals surface area contributed by atoms with Gasteiger partial charge in [0.1, 0.15) is 5.75 Å². The first kappa shape index (κ1) is 10.5. The SMILES string of the molecule is Br.Oc1ccc2ncccc2c1Br. The van der Waals surface area contributed by atoms with E-state index in [1.807, 2.05) is 12.1 Å². The van der Waals surface area contributed by atoms with Crippen LogP contribution in [-0.4, -0.2) is 10.1 Å². The summed E-state index contributed by atoms with van der Waals surface area (Å²) in [5.41, 5.74) is 0.877. The Morgan fingerprint density at radius 3 is 2.77 bits per heavy atom. The number of aromatic nitrogens is 1. The molecule has 1 aromatic heterocycles. The first-order chi connectivity index (χ1) is 5.79. The summed E-state index contributed by atoms with van der Waals surface area (Å²) >= 11 is 3.29. The maximum Gasteiger partial charge on any atom is 0.130 e. The molecule has 4 heteroatoms. The Balaban J connectivity index is 0.000000845. The van der Waals surface area contributed by atoms with Gasteiger partial charge in [0.2, 0.25) is 0 Å². The highest BCUT2D eigenvalue weighted by Crippen LogP contribution is 2.30. The van der Waals surface area contributed by atoms with E-state index in [0.717, 1.165) is 10.9 Å². The Bertz CT molecular complexity index is 431. The molecule has 1 aromatic carbocycles. The Hall–Kier alpha value is -0.610. The van der Waals surface area contributed by atoms with Crippen molar-refractivity contribution in [3.63, 3.8) is 0 Å². The van der Waals surface area contributed by atoms with Crippen molar-refractivity contribution in [1.82, 2.24) is 4.98 Å². The Labute approximate surface area is 94.5 Å². The standard InChI is InChI=1S/C9H6BrNO.BrH/c10-9-6-2-1-5-11-7(6)3-4-8(9)12;/h1-5,12H;1H. The number of pyridine rings is 1. The Morgan fingerprint density at radius 2 is 2.00 bits per heavy atom. The van der Waals surface area contributed by atoms with Crippen LogP contribution in [0.15, 0.2) is 34.9 Å². The van der Waals surface area contributed by atoms with Crippen LogP contribution in [0, 0.1) is 0 Å². The number of hydrogen-bond donors (Lipinski definition) is 1. The Kier molecular flexibility index (Phi) is 3.27. The number of aromatic hydroxyl groups is 1. The second-order valence-electron chi connectivity index (χ2n) is 2.47. The average molecular weight is 305 g/mol. The third-order valence-corrected chi connectivity index (χ3v) is 2.53. The summed E-state index contributed by atoms with van der Waals surface area (Å²) in [5.74, 6) is 0.246. The van der Waals surface area contributed by atoms with E-state index in [2.05, 4.69) is 20.9 Å². The molecule has 0 bridgehead atoms. The van der Waals surface area contributed by atoms with E-state index in [1.165, 1.54) is 0 Å². The normalized spacial score (nSPS) is 9.62. The van der Waals surface area contributed by atoms with Gasteiger partial charge >= 0.3 is 0 Å². The van der Waals surface area contributed by atoms with Gasteiger partial charge < -0.3 is 5.11 Å². The molecule has 0 saturated carbocycles. The minimum absolute atomic E-state index is 0. The van der Waals surface area contributed by atoms with Crippen LogP contribution in [0.4, 0.5) is 0 Å². The number of phenolic OH excluding ortho intramolecular Hbond substituents is 1. The van der Waals surface area contributed by atoms with E-state index in [9.17, 15) is 5.11 Å². The molecule has 2 aromatic rings. The van der Waals surface area contributed by atoms with Crippen molar-refractivity contribution in [3.05, 3.63) is 34.9 Å². The molecule has 0 aliphatic rings. The van der Waals surface area contributed by atoms with Gasteiger partial charge in [-0.15, -0.1) is 17.0 Å². The molecular formula is C9H7Br2NO. The van der Waals surface area contributed by atoms with Gasteiger partial charge in [-0.25, -0.2) is 0 Å². The van der Waals surface area contributed by atoms with Gasteiger partial charge in [-0.05, 0) is 34.1 Å². The van der Waals surface area contributed by atoms with Gasteiger partial charge in [-0.3, -0.25) is 4.98 Å². The largest absolute Gasteiger partial charge is 0.507 e. The van der Waals surface area contributed by atoms with Crippen LogP contribution in [0.1, 0.15) is 0 Å². The van der Waals surface area contributed by atoms with Crippen molar-refractivity contribution < 1.29 is 5.11 Å². The minimum Gasteiger partial charge on any atom is -0.507 e. The quantitative estimate of drug-likeness (QED) is 0.810. The predicted octanol–water partition coefficient (Wildman–Crippen LogP) is 3.28. The molecule has 0 spiro atoms. The first-order valence-electron chi connectivity index (χ1n) is 3.51. The molecule has 0 fully saturated rings. The maximum absolute atomic E-state index is 9.34. The molecule has 1 N–H and O–H groups in total. The summed E-state index contributed by atoms with van der Waals surface area (Å²) in [7, 11) is 0. The first-order valence-corrected chi connectivity index (χ1v) is 4.30. The second kappa shape index (κ2) is 4.07. The highest BCUT2D eigenvalue weighted by Gasteiger charge is 2.02. The molecule has 0 atom stereocenters. The smallest absolute Gasteiger partial charge is 0.130 e. The molecule has 1 heterocycles. The van der Waals surface area contributed by atoms with Gasteiger partial charge in [0.15, 0.2) is 0 Å². The van der Waals surface area contributed by atoms with Crippen LogP contribution in [-0.2, 0) is 0 Å². The lowest BCUT2D eigenvalue weighted by atomic mass is 10.2. The number of fused-ring (bicyclic) bond motifs is 1.